The van der Waals surface area contributed by atoms with E-state index in [1.807, 2.05) is 97.9 Å². The molecule has 0 fully saturated rings. The van der Waals surface area contributed by atoms with Crippen LogP contribution in [0.4, 0.5) is 0 Å². The molecule has 2 aliphatic carbocycles. The topological polar surface area (TPSA) is 34.1 Å². The zero-order chi connectivity index (χ0) is 21.9. The van der Waals surface area contributed by atoms with E-state index in [9.17, 15) is 9.59 Å². The molecule has 2 aliphatic rings. The Balaban J connectivity index is 1.78. The third kappa shape index (κ3) is 2.29. The lowest BCUT2D eigenvalue weighted by Crippen LogP contribution is -2.38. The second-order valence-corrected chi connectivity index (χ2v) is 8.48. The molecule has 0 radical (unpaired) electrons. The van der Waals surface area contributed by atoms with Crippen LogP contribution in [0.1, 0.15) is 48.5 Å². The maximum atomic E-state index is 14.3. The molecule has 0 saturated carbocycles. The number of carbonyl (C=O) groups excluding carboxylic acids is 2. The zero-order valence-electron chi connectivity index (χ0n) is 17.6. The fraction of sp³-hybridized carbons (Fsp3) is 0.0667. The van der Waals surface area contributed by atoms with Crippen LogP contribution in [0.2, 0.25) is 0 Å². The van der Waals surface area contributed by atoms with Crippen molar-refractivity contribution in [3.05, 3.63) is 142 Å². The Morgan fingerprint density at radius 3 is 1.88 bits per heavy atom. The molecule has 32 heavy (non-hydrogen) atoms. The van der Waals surface area contributed by atoms with Crippen molar-refractivity contribution in [1.29, 1.82) is 0 Å². The summed E-state index contributed by atoms with van der Waals surface area (Å²) < 4.78 is 0. The highest BCUT2D eigenvalue weighted by molar-refractivity contribution is 6.43. The summed E-state index contributed by atoms with van der Waals surface area (Å²) in [4.78, 5) is 28.5. The normalized spacial score (nSPS) is 18.9. The third-order valence-corrected chi connectivity index (χ3v) is 6.70. The minimum atomic E-state index is -1.36. The van der Waals surface area contributed by atoms with Gasteiger partial charge in [0.05, 0.1) is 0 Å². The Bertz CT molecular complexity index is 1440. The Morgan fingerprint density at radius 2 is 1.16 bits per heavy atom. The summed E-state index contributed by atoms with van der Waals surface area (Å²) in [5.74, 6) is -0.256. The monoisotopic (exact) mass is 412 g/mol. The molecule has 152 valence electrons. The first-order chi connectivity index (χ1) is 15.6. The van der Waals surface area contributed by atoms with E-state index in [1.165, 1.54) is 0 Å². The average Bonchev–Trinajstić information content (AvgIpc) is 3.26. The minimum Gasteiger partial charge on any atom is -0.292 e. The van der Waals surface area contributed by atoms with Crippen LogP contribution in [0.3, 0.4) is 0 Å². The van der Waals surface area contributed by atoms with Crippen LogP contribution in [0, 0.1) is 6.92 Å². The van der Waals surface area contributed by atoms with Gasteiger partial charge in [-0.25, -0.2) is 0 Å². The van der Waals surface area contributed by atoms with Gasteiger partial charge < -0.3 is 0 Å². The lowest BCUT2D eigenvalue weighted by Gasteiger charge is -2.26. The van der Waals surface area contributed by atoms with E-state index in [-0.39, 0.29) is 11.6 Å². The largest absolute Gasteiger partial charge is 0.292 e. The quantitative estimate of drug-likeness (QED) is 0.363. The molecule has 0 bridgehead atoms. The second-order valence-electron chi connectivity index (χ2n) is 8.48. The standard InChI is InChI=1S/C30H20O2/c1-19-16-17-22-24(18-19)29(32)30(28(22)31)25-15-9-8-14-23(25)26(20-10-4-2-5-11-20)27(30)21-12-6-3-7-13-21/h2-18H,1H3/t30-/m1/s1. The van der Waals surface area contributed by atoms with Gasteiger partial charge in [0.15, 0.2) is 11.6 Å². The van der Waals surface area contributed by atoms with Gasteiger partial charge >= 0.3 is 0 Å². The Morgan fingerprint density at radius 1 is 0.562 bits per heavy atom. The molecule has 0 N–H and O–H groups in total. The number of carbonyl (C=O) groups is 2. The Hall–Kier alpha value is -4.04. The summed E-state index contributed by atoms with van der Waals surface area (Å²) in [5.41, 5.74) is 6.02. The van der Waals surface area contributed by atoms with Gasteiger partial charge in [-0.1, -0.05) is 103 Å². The number of ketones is 2. The number of allylic oxidation sites excluding steroid dienone is 1. The lowest BCUT2D eigenvalue weighted by atomic mass is 9.70. The van der Waals surface area contributed by atoms with E-state index in [0.29, 0.717) is 11.1 Å². The molecule has 2 nitrogen and oxygen atoms in total. The van der Waals surface area contributed by atoms with Gasteiger partial charge in [-0.15, -0.1) is 0 Å². The number of benzene rings is 4. The molecule has 2 heteroatoms. The van der Waals surface area contributed by atoms with Crippen molar-refractivity contribution < 1.29 is 9.59 Å². The fourth-order valence-corrected chi connectivity index (χ4v) is 5.38. The zero-order valence-corrected chi connectivity index (χ0v) is 17.6. The van der Waals surface area contributed by atoms with Gasteiger partial charge in [0, 0.05) is 11.1 Å². The summed E-state index contributed by atoms with van der Waals surface area (Å²) in [6, 6.07) is 33.4. The average molecular weight is 412 g/mol. The highest BCUT2D eigenvalue weighted by atomic mass is 16.2. The lowest BCUT2D eigenvalue weighted by molar-refractivity contribution is 0.0845. The second kappa shape index (κ2) is 6.73. The first-order valence-electron chi connectivity index (χ1n) is 10.8. The van der Waals surface area contributed by atoms with Gasteiger partial charge in [-0.2, -0.15) is 0 Å². The van der Waals surface area contributed by atoms with Crippen LogP contribution in [0.15, 0.2) is 103 Å². The van der Waals surface area contributed by atoms with Crippen molar-refractivity contribution in [1.82, 2.24) is 0 Å². The number of hydrogen-bond donors (Lipinski definition) is 0. The Kier molecular flexibility index (Phi) is 3.93. The van der Waals surface area contributed by atoms with Gasteiger partial charge in [0.25, 0.3) is 0 Å². The molecule has 0 saturated heterocycles. The van der Waals surface area contributed by atoms with Crippen molar-refractivity contribution in [3.8, 4) is 0 Å². The first-order valence-corrected chi connectivity index (χ1v) is 10.8. The van der Waals surface area contributed by atoms with E-state index in [0.717, 1.165) is 39.0 Å². The van der Waals surface area contributed by atoms with E-state index in [4.69, 9.17) is 0 Å². The number of aryl methyl sites for hydroxylation is 1. The highest BCUT2D eigenvalue weighted by Crippen LogP contribution is 2.58. The molecule has 6 rings (SSSR count). The molecular weight excluding hydrogens is 392 g/mol. The van der Waals surface area contributed by atoms with Gasteiger partial charge in [0.1, 0.15) is 5.41 Å². The van der Waals surface area contributed by atoms with Crippen molar-refractivity contribution in [2.24, 2.45) is 0 Å². The van der Waals surface area contributed by atoms with Gasteiger partial charge in [0.2, 0.25) is 0 Å². The van der Waals surface area contributed by atoms with Gasteiger partial charge in [-0.3, -0.25) is 9.59 Å². The van der Waals surface area contributed by atoms with Crippen LogP contribution in [-0.2, 0) is 5.41 Å². The maximum absolute atomic E-state index is 14.3. The van der Waals surface area contributed by atoms with E-state index < -0.39 is 5.41 Å². The molecule has 0 aromatic heterocycles. The predicted molar refractivity (Wildman–Crippen MR) is 127 cm³/mol. The molecule has 4 aromatic rings. The first kappa shape index (κ1) is 18.7. The molecule has 0 heterocycles. The molecule has 1 spiro atoms. The molecule has 0 unspecified atom stereocenters. The van der Waals surface area contributed by atoms with Crippen LogP contribution in [0.25, 0.3) is 11.1 Å². The summed E-state index contributed by atoms with van der Waals surface area (Å²) >= 11 is 0. The number of hydrogen-bond acceptors (Lipinski definition) is 2. The summed E-state index contributed by atoms with van der Waals surface area (Å²) in [7, 11) is 0. The number of fused-ring (bicyclic) bond motifs is 3. The Labute approximate surface area is 186 Å². The summed E-state index contributed by atoms with van der Waals surface area (Å²) in [6.07, 6.45) is 0. The molecule has 0 aliphatic heterocycles. The molecule has 0 amide bonds. The van der Waals surface area contributed by atoms with E-state index >= 15 is 0 Å². The van der Waals surface area contributed by atoms with Crippen molar-refractivity contribution >= 4 is 22.7 Å². The highest BCUT2D eigenvalue weighted by Gasteiger charge is 2.61. The molecular formula is C30H20O2. The third-order valence-electron chi connectivity index (χ3n) is 6.70. The fourth-order valence-electron chi connectivity index (χ4n) is 5.38. The SMILES string of the molecule is Cc1ccc2c(c1)C(=O)[C@@]1(C2=O)C(c2ccccc2)=C(c2ccccc2)c2ccccc21. The van der Waals surface area contributed by atoms with Gasteiger partial charge in [-0.05, 0) is 46.4 Å². The summed E-state index contributed by atoms with van der Waals surface area (Å²) in [6.45, 7) is 1.95. The molecule has 1 atom stereocenters. The molecule has 4 aromatic carbocycles. The smallest absolute Gasteiger partial charge is 0.186 e. The maximum Gasteiger partial charge on any atom is 0.186 e. The van der Waals surface area contributed by atoms with Crippen molar-refractivity contribution in [2.75, 3.05) is 0 Å². The predicted octanol–water partition coefficient (Wildman–Crippen LogP) is 6.28. The van der Waals surface area contributed by atoms with Crippen LogP contribution in [0.5, 0.6) is 0 Å². The van der Waals surface area contributed by atoms with Crippen LogP contribution in [-0.4, -0.2) is 11.6 Å². The summed E-state index contributed by atoms with van der Waals surface area (Å²) in [5, 5.41) is 0. The number of Topliss-reactive ketones (excluding diaryl/α,β-unsaturated/α-hetero) is 2. The van der Waals surface area contributed by atoms with Crippen LogP contribution < -0.4 is 0 Å². The van der Waals surface area contributed by atoms with Crippen molar-refractivity contribution in [2.45, 2.75) is 12.3 Å². The van der Waals surface area contributed by atoms with E-state index in [1.54, 1.807) is 0 Å². The number of rotatable bonds is 2. The van der Waals surface area contributed by atoms with E-state index in [2.05, 4.69) is 12.1 Å². The van der Waals surface area contributed by atoms with Crippen molar-refractivity contribution in [3.63, 3.8) is 0 Å². The minimum absolute atomic E-state index is 0.126. The van der Waals surface area contributed by atoms with Crippen LogP contribution >= 0.6 is 0 Å².